The minimum absolute atomic E-state index is 0.401. The lowest BCUT2D eigenvalue weighted by Gasteiger charge is -2.30. The molecule has 3 aromatic rings. The third-order valence-electron chi connectivity index (χ3n) is 7.08. The van der Waals surface area contributed by atoms with Crippen LogP contribution in [0.3, 0.4) is 0 Å². The number of aliphatic carboxylic acids is 1. The summed E-state index contributed by atoms with van der Waals surface area (Å²) in [6, 6.07) is 25.5. The van der Waals surface area contributed by atoms with Crippen LogP contribution in [0.5, 0.6) is 0 Å². The molecule has 0 amide bonds. The molecule has 3 rings (SSSR count). The molecule has 0 aliphatic rings. The van der Waals surface area contributed by atoms with Crippen molar-refractivity contribution in [3.05, 3.63) is 107 Å². The standard InChI is InChI=1S/C33H40O5S/c1-33(37,32(35)36)30(39-24-26-20-22-28(23-21-26)31(34)38-2)29-19-13-12-18-27(29)17-11-6-4-3-5-8-14-25-15-9-7-10-16-25/h7,9-10,12-13,15-16,18-23,30,37H,3-6,8,11,14,17,24H2,1-2H3,(H,35,36). The molecule has 0 heterocycles. The van der Waals surface area contributed by atoms with Gasteiger partial charge in [0.15, 0.2) is 5.60 Å². The summed E-state index contributed by atoms with van der Waals surface area (Å²) in [6.07, 6.45) is 8.97. The summed E-state index contributed by atoms with van der Waals surface area (Å²) < 4.78 is 4.76. The maximum Gasteiger partial charge on any atom is 0.337 e. The molecular weight excluding hydrogens is 508 g/mol. The molecule has 2 N–H and O–H groups in total. The van der Waals surface area contributed by atoms with E-state index in [0.29, 0.717) is 11.3 Å². The first kappa shape index (κ1) is 30.5. The normalized spacial score (nSPS) is 13.4. The molecular formula is C33H40O5S. The number of aliphatic hydroxyl groups is 1. The van der Waals surface area contributed by atoms with Crippen LogP contribution in [0, 0.1) is 0 Å². The summed E-state index contributed by atoms with van der Waals surface area (Å²) >= 11 is 1.40. The molecule has 0 bridgehead atoms. The van der Waals surface area contributed by atoms with Gasteiger partial charge in [-0.1, -0.05) is 92.4 Å². The van der Waals surface area contributed by atoms with E-state index in [4.69, 9.17) is 4.74 Å². The Morgan fingerprint density at radius 2 is 1.38 bits per heavy atom. The maximum absolute atomic E-state index is 12.1. The highest BCUT2D eigenvalue weighted by Crippen LogP contribution is 2.42. The molecule has 208 valence electrons. The van der Waals surface area contributed by atoms with Gasteiger partial charge in [-0.15, -0.1) is 11.8 Å². The highest BCUT2D eigenvalue weighted by molar-refractivity contribution is 7.98. The molecule has 0 aromatic heterocycles. The predicted octanol–water partition coefficient (Wildman–Crippen LogP) is 7.41. The Balaban J connectivity index is 1.57. The molecule has 39 heavy (non-hydrogen) atoms. The summed E-state index contributed by atoms with van der Waals surface area (Å²) in [5.41, 5.74) is 2.80. The topological polar surface area (TPSA) is 83.8 Å². The second kappa shape index (κ2) is 15.5. The maximum atomic E-state index is 12.1. The zero-order valence-electron chi connectivity index (χ0n) is 23.0. The van der Waals surface area contributed by atoms with Gasteiger partial charge < -0.3 is 14.9 Å². The number of carboxylic acid groups (broad SMARTS) is 1. The van der Waals surface area contributed by atoms with Crippen molar-refractivity contribution in [1.29, 1.82) is 0 Å². The van der Waals surface area contributed by atoms with E-state index in [1.165, 1.54) is 57.0 Å². The number of hydrogen-bond donors (Lipinski definition) is 2. The summed E-state index contributed by atoms with van der Waals surface area (Å²) in [6.45, 7) is 1.37. The number of thioether (sulfide) groups is 1. The minimum atomic E-state index is -1.94. The molecule has 6 heteroatoms. The van der Waals surface area contributed by atoms with Gasteiger partial charge in [0, 0.05) is 5.75 Å². The van der Waals surface area contributed by atoms with Gasteiger partial charge in [0.25, 0.3) is 0 Å². The van der Waals surface area contributed by atoms with Crippen molar-refractivity contribution in [2.24, 2.45) is 0 Å². The largest absolute Gasteiger partial charge is 0.479 e. The Kier molecular flexibility index (Phi) is 12.1. The Labute approximate surface area is 236 Å². The molecule has 2 atom stereocenters. The molecule has 0 aliphatic carbocycles. The highest BCUT2D eigenvalue weighted by atomic mass is 32.2. The van der Waals surface area contributed by atoms with Gasteiger partial charge in [0.05, 0.1) is 17.9 Å². The Bertz CT molecular complexity index is 1170. The molecule has 5 nitrogen and oxygen atoms in total. The highest BCUT2D eigenvalue weighted by Gasteiger charge is 2.41. The second-order valence-electron chi connectivity index (χ2n) is 10.1. The van der Waals surface area contributed by atoms with Crippen molar-refractivity contribution in [2.75, 3.05) is 7.11 Å². The van der Waals surface area contributed by atoms with Gasteiger partial charge in [0.1, 0.15) is 0 Å². The van der Waals surface area contributed by atoms with Crippen LogP contribution in [0.25, 0.3) is 0 Å². The fourth-order valence-corrected chi connectivity index (χ4v) is 6.10. The van der Waals surface area contributed by atoms with Crippen LogP contribution in [0.2, 0.25) is 0 Å². The van der Waals surface area contributed by atoms with Gasteiger partial charge in [0.2, 0.25) is 0 Å². The number of rotatable bonds is 16. The minimum Gasteiger partial charge on any atom is -0.479 e. The summed E-state index contributed by atoms with van der Waals surface area (Å²) in [5.74, 6) is -1.15. The third-order valence-corrected chi connectivity index (χ3v) is 8.62. The summed E-state index contributed by atoms with van der Waals surface area (Å²) in [4.78, 5) is 23.8. The van der Waals surface area contributed by atoms with E-state index in [1.54, 1.807) is 12.1 Å². The number of ether oxygens (including phenoxy) is 1. The Hall–Kier alpha value is -3.09. The number of carbonyl (C=O) groups excluding carboxylic acids is 1. The quantitative estimate of drug-likeness (QED) is 0.143. The van der Waals surface area contributed by atoms with Crippen LogP contribution in [0.1, 0.15) is 83.3 Å². The van der Waals surface area contributed by atoms with Crippen molar-refractivity contribution in [1.82, 2.24) is 0 Å². The number of hydrogen-bond acceptors (Lipinski definition) is 5. The lowest BCUT2D eigenvalue weighted by atomic mass is 9.90. The average molecular weight is 549 g/mol. The van der Waals surface area contributed by atoms with Gasteiger partial charge in [-0.3, -0.25) is 0 Å². The molecule has 0 aliphatic heterocycles. The van der Waals surface area contributed by atoms with E-state index in [2.05, 4.69) is 30.3 Å². The molecule has 2 unspecified atom stereocenters. The number of carbonyl (C=O) groups is 2. The van der Waals surface area contributed by atoms with Crippen LogP contribution in [0.4, 0.5) is 0 Å². The van der Waals surface area contributed by atoms with Gasteiger partial charge in [-0.05, 0) is 67.0 Å². The van der Waals surface area contributed by atoms with E-state index in [9.17, 15) is 19.8 Å². The fourth-order valence-electron chi connectivity index (χ4n) is 4.72. The Morgan fingerprint density at radius 1 is 0.795 bits per heavy atom. The van der Waals surface area contributed by atoms with Crippen molar-refractivity contribution < 1.29 is 24.5 Å². The molecule has 0 saturated heterocycles. The molecule has 0 spiro atoms. The average Bonchev–Trinajstić information content (AvgIpc) is 2.95. The second-order valence-corrected chi connectivity index (χ2v) is 11.2. The van der Waals surface area contributed by atoms with E-state index in [-0.39, 0.29) is 0 Å². The van der Waals surface area contributed by atoms with Crippen molar-refractivity contribution >= 4 is 23.7 Å². The van der Waals surface area contributed by atoms with E-state index >= 15 is 0 Å². The molecule has 0 saturated carbocycles. The summed E-state index contributed by atoms with van der Waals surface area (Å²) in [7, 11) is 1.34. The number of carboxylic acids is 1. The van der Waals surface area contributed by atoms with Crippen LogP contribution in [-0.4, -0.2) is 34.9 Å². The van der Waals surface area contributed by atoms with Crippen LogP contribution < -0.4 is 0 Å². The number of methoxy groups -OCH3 is 1. The first-order chi connectivity index (χ1) is 18.8. The monoisotopic (exact) mass is 548 g/mol. The van der Waals surface area contributed by atoms with E-state index in [0.717, 1.165) is 42.4 Å². The first-order valence-corrected chi connectivity index (χ1v) is 14.7. The van der Waals surface area contributed by atoms with Crippen molar-refractivity contribution in [3.8, 4) is 0 Å². The summed E-state index contributed by atoms with van der Waals surface area (Å²) in [5, 5.41) is 20.3. The fraction of sp³-hybridized carbons (Fsp3) is 0.394. The van der Waals surface area contributed by atoms with Crippen molar-refractivity contribution in [3.63, 3.8) is 0 Å². The number of esters is 1. The number of benzene rings is 3. The van der Waals surface area contributed by atoms with Gasteiger partial charge >= 0.3 is 11.9 Å². The van der Waals surface area contributed by atoms with Gasteiger partial charge in [-0.25, -0.2) is 9.59 Å². The van der Waals surface area contributed by atoms with E-state index in [1.807, 2.05) is 36.4 Å². The molecule has 0 fully saturated rings. The SMILES string of the molecule is COC(=O)c1ccc(CSC(c2ccccc2CCCCCCCCc2ccccc2)C(C)(O)C(=O)O)cc1. The predicted molar refractivity (Wildman–Crippen MR) is 158 cm³/mol. The lowest BCUT2D eigenvalue weighted by molar-refractivity contribution is -0.156. The first-order valence-electron chi connectivity index (χ1n) is 13.7. The molecule has 0 radical (unpaired) electrons. The van der Waals surface area contributed by atoms with Gasteiger partial charge in [-0.2, -0.15) is 0 Å². The zero-order chi connectivity index (χ0) is 28.1. The lowest BCUT2D eigenvalue weighted by Crippen LogP contribution is -2.40. The van der Waals surface area contributed by atoms with Crippen LogP contribution in [0.15, 0.2) is 78.9 Å². The number of aryl methyl sites for hydroxylation is 2. The Morgan fingerprint density at radius 3 is 2.03 bits per heavy atom. The smallest absolute Gasteiger partial charge is 0.337 e. The third kappa shape index (κ3) is 9.26. The van der Waals surface area contributed by atoms with E-state index < -0.39 is 22.8 Å². The zero-order valence-corrected chi connectivity index (χ0v) is 23.8. The molecule has 3 aromatic carbocycles. The number of unbranched alkanes of at least 4 members (excludes halogenated alkanes) is 5. The van der Waals surface area contributed by atoms with Crippen molar-refractivity contribution in [2.45, 2.75) is 74.9 Å². The van der Waals surface area contributed by atoms with Crippen LogP contribution in [-0.2, 0) is 28.1 Å². The van der Waals surface area contributed by atoms with Crippen LogP contribution >= 0.6 is 11.8 Å².